The Bertz CT molecular complexity index is 491. The summed E-state index contributed by atoms with van der Waals surface area (Å²) >= 11 is 0. The van der Waals surface area contributed by atoms with Crippen LogP contribution in [-0.2, 0) is 4.74 Å². The van der Waals surface area contributed by atoms with Crippen molar-refractivity contribution < 1.29 is 14.4 Å². The molecule has 2 heterocycles. The van der Waals surface area contributed by atoms with Crippen LogP contribution in [0, 0.1) is 15.5 Å². The van der Waals surface area contributed by atoms with Crippen LogP contribution < -0.4 is 9.64 Å². The van der Waals surface area contributed by atoms with Crippen LogP contribution in [0.4, 0.5) is 11.4 Å². The van der Waals surface area contributed by atoms with Crippen LogP contribution in [-0.4, -0.2) is 38.3 Å². The van der Waals surface area contributed by atoms with Crippen LogP contribution in [0.15, 0.2) is 18.2 Å². The van der Waals surface area contributed by atoms with E-state index in [4.69, 9.17) is 9.47 Å². The van der Waals surface area contributed by atoms with Crippen molar-refractivity contribution in [1.29, 1.82) is 0 Å². The van der Waals surface area contributed by atoms with E-state index in [0.29, 0.717) is 11.2 Å². The van der Waals surface area contributed by atoms with Crippen molar-refractivity contribution in [2.45, 2.75) is 0 Å². The molecule has 0 unspecified atom stereocenters. The number of nitro benzene ring substituents is 1. The lowest BCUT2D eigenvalue weighted by molar-refractivity contribution is -0.384. The molecule has 0 bridgehead atoms. The lowest BCUT2D eigenvalue weighted by atomic mass is 9.77. The van der Waals surface area contributed by atoms with E-state index in [1.807, 2.05) is 0 Å². The molecule has 18 heavy (non-hydrogen) atoms. The predicted octanol–water partition coefficient (Wildman–Crippen LogP) is 1.44. The van der Waals surface area contributed by atoms with Gasteiger partial charge in [0.15, 0.2) is 0 Å². The van der Waals surface area contributed by atoms with Crippen LogP contribution in [0.3, 0.4) is 0 Å². The third-order valence-electron chi connectivity index (χ3n) is 3.58. The lowest BCUT2D eigenvalue weighted by Gasteiger charge is -2.56. The second-order valence-corrected chi connectivity index (χ2v) is 4.96. The highest BCUT2D eigenvalue weighted by Crippen LogP contribution is 2.43. The van der Waals surface area contributed by atoms with Gasteiger partial charge < -0.3 is 14.4 Å². The smallest absolute Gasteiger partial charge is 0.273 e. The maximum absolute atomic E-state index is 10.7. The molecule has 0 saturated carbocycles. The topological polar surface area (TPSA) is 64.8 Å². The molecule has 0 amide bonds. The Labute approximate surface area is 104 Å². The standard InChI is InChI=1S/C12H14N2O4/c1-17-11-4-9(14(15)16)2-3-10(11)13-5-12(6-13)7-18-8-12/h2-4H,5-8H2,1H3. The Kier molecular flexibility index (Phi) is 2.41. The van der Waals surface area contributed by atoms with E-state index in [1.165, 1.54) is 19.2 Å². The Morgan fingerprint density at radius 1 is 1.44 bits per heavy atom. The fraction of sp³-hybridized carbons (Fsp3) is 0.500. The molecule has 6 nitrogen and oxygen atoms in total. The quantitative estimate of drug-likeness (QED) is 0.600. The molecule has 3 rings (SSSR count). The van der Waals surface area contributed by atoms with Gasteiger partial charge in [-0.05, 0) is 6.07 Å². The van der Waals surface area contributed by atoms with E-state index in [9.17, 15) is 10.1 Å². The molecule has 2 fully saturated rings. The SMILES string of the molecule is COc1cc([N+](=O)[O-])ccc1N1CC2(COC2)C1. The number of non-ortho nitro benzene ring substituents is 1. The first-order valence-corrected chi connectivity index (χ1v) is 5.79. The summed E-state index contributed by atoms with van der Waals surface area (Å²) in [7, 11) is 1.53. The number of anilines is 1. The van der Waals surface area contributed by atoms with Gasteiger partial charge in [0.25, 0.3) is 5.69 Å². The van der Waals surface area contributed by atoms with E-state index in [1.54, 1.807) is 6.07 Å². The number of hydrogen-bond donors (Lipinski definition) is 0. The predicted molar refractivity (Wildman–Crippen MR) is 65.1 cm³/mol. The van der Waals surface area contributed by atoms with Crippen LogP contribution in [0.5, 0.6) is 5.75 Å². The fourth-order valence-electron chi connectivity index (χ4n) is 2.55. The van der Waals surface area contributed by atoms with Crippen LogP contribution in [0.25, 0.3) is 0 Å². The molecule has 2 saturated heterocycles. The summed E-state index contributed by atoms with van der Waals surface area (Å²) in [6, 6.07) is 4.74. The molecule has 96 valence electrons. The number of nitro groups is 1. The van der Waals surface area contributed by atoms with Gasteiger partial charge in [0.1, 0.15) is 5.75 Å². The average molecular weight is 250 g/mol. The van der Waals surface area contributed by atoms with Gasteiger partial charge in [-0.15, -0.1) is 0 Å². The zero-order chi connectivity index (χ0) is 12.8. The van der Waals surface area contributed by atoms with Gasteiger partial charge in [-0.3, -0.25) is 10.1 Å². The molecule has 1 aromatic rings. The first-order chi connectivity index (χ1) is 8.63. The minimum atomic E-state index is -0.413. The van der Waals surface area contributed by atoms with Gasteiger partial charge in [0, 0.05) is 19.2 Å². The Morgan fingerprint density at radius 2 is 2.17 bits per heavy atom. The zero-order valence-electron chi connectivity index (χ0n) is 10.1. The van der Waals surface area contributed by atoms with Crippen molar-refractivity contribution >= 4 is 11.4 Å². The third kappa shape index (κ3) is 1.60. The second kappa shape index (κ2) is 3.84. The van der Waals surface area contributed by atoms with Crippen LogP contribution in [0.1, 0.15) is 0 Å². The van der Waals surface area contributed by atoms with E-state index >= 15 is 0 Å². The number of benzene rings is 1. The molecular formula is C12H14N2O4. The molecule has 1 spiro atoms. The van der Waals surface area contributed by atoms with E-state index in [-0.39, 0.29) is 5.69 Å². The molecule has 0 N–H and O–H groups in total. The number of nitrogens with zero attached hydrogens (tertiary/aromatic N) is 2. The Morgan fingerprint density at radius 3 is 2.67 bits per heavy atom. The molecule has 6 heteroatoms. The molecule has 0 aromatic heterocycles. The highest BCUT2D eigenvalue weighted by molar-refractivity contribution is 5.64. The summed E-state index contributed by atoms with van der Waals surface area (Å²) in [5.41, 5.74) is 1.28. The summed E-state index contributed by atoms with van der Waals surface area (Å²) in [6.07, 6.45) is 0. The summed E-state index contributed by atoms with van der Waals surface area (Å²) < 4.78 is 10.5. The Hall–Kier alpha value is -1.82. The van der Waals surface area contributed by atoms with Gasteiger partial charge in [-0.2, -0.15) is 0 Å². The minimum Gasteiger partial charge on any atom is -0.494 e. The third-order valence-corrected chi connectivity index (χ3v) is 3.58. The van der Waals surface area contributed by atoms with E-state index in [2.05, 4.69) is 4.90 Å². The molecular weight excluding hydrogens is 236 g/mol. The maximum atomic E-state index is 10.7. The highest BCUT2D eigenvalue weighted by Gasteiger charge is 2.49. The molecule has 2 aliphatic heterocycles. The van der Waals surface area contributed by atoms with Gasteiger partial charge in [0.05, 0.1) is 42.4 Å². The summed E-state index contributed by atoms with van der Waals surface area (Å²) in [4.78, 5) is 12.5. The number of methoxy groups -OCH3 is 1. The minimum absolute atomic E-state index is 0.0535. The second-order valence-electron chi connectivity index (χ2n) is 4.96. The molecule has 0 radical (unpaired) electrons. The van der Waals surface area contributed by atoms with E-state index < -0.39 is 4.92 Å². The first-order valence-electron chi connectivity index (χ1n) is 5.79. The summed E-state index contributed by atoms with van der Waals surface area (Å²) in [5, 5.41) is 10.7. The summed E-state index contributed by atoms with van der Waals surface area (Å²) in [6.45, 7) is 3.50. The molecule has 1 aromatic carbocycles. The van der Waals surface area contributed by atoms with E-state index in [0.717, 1.165) is 32.0 Å². The van der Waals surface area contributed by atoms with Crippen molar-refractivity contribution in [2.75, 3.05) is 38.3 Å². The molecule has 0 atom stereocenters. The Balaban J connectivity index is 1.82. The summed E-state index contributed by atoms with van der Waals surface area (Å²) in [5.74, 6) is 0.555. The van der Waals surface area contributed by atoms with Gasteiger partial charge in [-0.25, -0.2) is 0 Å². The van der Waals surface area contributed by atoms with Crippen molar-refractivity contribution in [3.8, 4) is 5.75 Å². The van der Waals surface area contributed by atoms with Crippen molar-refractivity contribution in [3.63, 3.8) is 0 Å². The number of rotatable bonds is 3. The monoisotopic (exact) mass is 250 g/mol. The van der Waals surface area contributed by atoms with Crippen molar-refractivity contribution in [1.82, 2.24) is 0 Å². The maximum Gasteiger partial charge on any atom is 0.273 e. The number of hydrogen-bond acceptors (Lipinski definition) is 5. The van der Waals surface area contributed by atoms with Crippen LogP contribution in [0.2, 0.25) is 0 Å². The zero-order valence-corrected chi connectivity index (χ0v) is 10.1. The average Bonchev–Trinajstić information content (AvgIpc) is 2.25. The van der Waals surface area contributed by atoms with Crippen molar-refractivity contribution in [3.05, 3.63) is 28.3 Å². The highest BCUT2D eigenvalue weighted by atomic mass is 16.6. The van der Waals surface area contributed by atoms with Crippen LogP contribution >= 0.6 is 0 Å². The molecule has 2 aliphatic rings. The van der Waals surface area contributed by atoms with Gasteiger partial charge >= 0.3 is 0 Å². The normalized spacial score (nSPS) is 20.2. The largest absolute Gasteiger partial charge is 0.494 e. The number of ether oxygens (including phenoxy) is 2. The molecule has 0 aliphatic carbocycles. The van der Waals surface area contributed by atoms with Crippen molar-refractivity contribution in [2.24, 2.45) is 5.41 Å². The first kappa shape index (κ1) is 11.3. The lowest BCUT2D eigenvalue weighted by Crippen LogP contribution is -2.66. The fourth-order valence-corrected chi connectivity index (χ4v) is 2.55. The van der Waals surface area contributed by atoms with Gasteiger partial charge in [-0.1, -0.05) is 0 Å². The van der Waals surface area contributed by atoms with Gasteiger partial charge in [0.2, 0.25) is 0 Å².